The number of hydrogen-bond donors (Lipinski definition) is 1. The second-order valence-electron chi connectivity index (χ2n) is 8.73. The molecule has 0 bridgehead atoms. The first kappa shape index (κ1) is 31.1. The van der Waals surface area contributed by atoms with E-state index in [0.717, 1.165) is 4.31 Å². The fraction of sp³-hybridized carbons (Fsp3) is 0.286. The first-order valence-corrected chi connectivity index (χ1v) is 14.5. The molecule has 0 heterocycles. The van der Waals surface area contributed by atoms with Gasteiger partial charge in [0.25, 0.3) is 10.0 Å². The minimum Gasteiger partial charge on any atom is -0.493 e. The highest BCUT2D eigenvalue weighted by Gasteiger charge is 2.33. The predicted molar refractivity (Wildman–Crippen MR) is 156 cm³/mol. The van der Waals surface area contributed by atoms with Gasteiger partial charge in [-0.05, 0) is 67.9 Å². The highest BCUT2D eigenvalue weighted by molar-refractivity contribution is 7.92. The number of methoxy groups -OCH3 is 2. The molecule has 214 valence electrons. The van der Waals surface area contributed by atoms with Crippen LogP contribution in [0.5, 0.6) is 11.5 Å². The van der Waals surface area contributed by atoms with Crippen LogP contribution in [0.4, 0.5) is 5.69 Å². The maximum atomic E-state index is 14.0. The number of carbonyl (C=O) groups excluding carboxylic acids is 2. The summed E-state index contributed by atoms with van der Waals surface area (Å²) in [5, 5.41) is 3.58. The number of nitrogens with one attached hydrogen (secondary N) is 1. The van der Waals surface area contributed by atoms with Crippen LogP contribution in [0.3, 0.4) is 0 Å². The van der Waals surface area contributed by atoms with Gasteiger partial charge in [0.05, 0.1) is 24.8 Å². The topological polar surface area (TPSA) is 105 Å². The Kier molecular flexibility index (Phi) is 10.7. The van der Waals surface area contributed by atoms with E-state index >= 15 is 0 Å². The number of halogens is 2. The Hall–Kier alpha value is -3.47. The number of nitrogens with zero attached hydrogens (tertiary/aromatic N) is 2. The average molecular weight is 609 g/mol. The van der Waals surface area contributed by atoms with Crippen LogP contribution in [-0.4, -0.2) is 58.5 Å². The molecule has 0 radical (unpaired) electrons. The van der Waals surface area contributed by atoms with Gasteiger partial charge in [0.2, 0.25) is 11.8 Å². The van der Waals surface area contributed by atoms with Crippen molar-refractivity contribution >= 4 is 50.7 Å². The van der Waals surface area contributed by atoms with Crippen LogP contribution < -0.4 is 19.1 Å². The van der Waals surface area contributed by atoms with Crippen LogP contribution in [0.15, 0.2) is 71.6 Å². The molecule has 40 heavy (non-hydrogen) atoms. The highest BCUT2D eigenvalue weighted by atomic mass is 35.5. The highest BCUT2D eigenvalue weighted by Crippen LogP contribution is 2.32. The zero-order valence-electron chi connectivity index (χ0n) is 22.6. The van der Waals surface area contributed by atoms with Gasteiger partial charge in [0, 0.05) is 29.2 Å². The Morgan fingerprint density at radius 2 is 1.60 bits per heavy atom. The van der Waals surface area contributed by atoms with Crippen molar-refractivity contribution in [2.24, 2.45) is 0 Å². The van der Waals surface area contributed by atoms with Gasteiger partial charge in [0.15, 0.2) is 11.5 Å². The molecule has 1 atom stereocenters. The monoisotopic (exact) mass is 607 g/mol. The molecule has 0 aliphatic carbocycles. The predicted octanol–water partition coefficient (Wildman–Crippen LogP) is 4.76. The van der Waals surface area contributed by atoms with Gasteiger partial charge < -0.3 is 19.7 Å². The number of anilines is 1. The SMILES string of the molecule is CCNC(=O)[C@H](C)N(Cc1cccc(Cl)c1)C(=O)CN(c1ccc(Cl)cc1)S(=O)(=O)c1ccc(OC)c(OC)c1. The second kappa shape index (κ2) is 13.7. The molecule has 12 heteroatoms. The molecule has 0 saturated heterocycles. The van der Waals surface area contributed by atoms with E-state index in [1.165, 1.54) is 61.6 Å². The summed E-state index contributed by atoms with van der Waals surface area (Å²) < 4.78 is 39.5. The summed E-state index contributed by atoms with van der Waals surface area (Å²) in [5.41, 5.74) is 0.888. The lowest BCUT2D eigenvalue weighted by atomic mass is 10.1. The van der Waals surface area contributed by atoms with Gasteiger partial charge >= 0.3 is 0 Å². The van der Waals surface area contributed by atoms with Crippen molar-refractivity contribution in [2.45, 2.75) is 31.3 Å². The standard InChI is InChI=1S/C28H31Cl2N3O6S/c1-5-31-28(35)19(2)32(17-20-7-6-8-22(30)15-20)27(34)18-33(23-11-9-21(29)10-12-23)40(36,37)24-13-14-25(38-3)26(16-24)39-4/h6-16,19H,5,17-18H2,1-4H3,(H,31,35)/t19-/m0/s1. The van der Waals surface area contributed by atoms with E-state index in [2.05, 4.69) is 5.32 Å². The lowest BCUT2D eigenvalue weighted by Crippen LogP contribution is -2.51. The van der Waals surface area contributed by atoms with Crippen molar-refractivity contribution in [1.82, 2.24) is 10.2 Å². The molecule has 3 aromatic carbocycles. The quantitative estimate of drug-likeness (QED) is 0.318. The van der Waals surface area contributed by atoms with E-state index in [4.69, 9.17) is 32.7 Å². The number of hydrogen-bond acceptors (Lipinski definition) is 6. The first-order chi connectivity index (χ1) is 19.0. The van der Waals surface area contributed by atoms with Crippen LogP contribution in [0.25, 0.3) is 0 Å². The third-order valence-corrected chi connectivity index (χ3v) is 8.35. The second-order valence-corrected chi connectivity index (χ2v) is 11.5. The van der Waals surface area contributed by atoms with Crippen molar-refractivity contribution < 1.29 is 27.5 Å². The third kappa shape index (κ3) is 7.38. The molecular weight excluding hydrogens is 577 g/mol. The largest absolute Gasteiger partial charge is 0.493 e. The van der Waals surface area contributed by atoms with Crippen LogP contribution in [0.1, 0.15) is 19.4 Å². The lowest BCUT2D eigenvalue weighted by Gasteiger charge is -2.32. The average Bonchev–Trinajstić information content (AvgIpc) is 2.94. The minimum absolute atomic E-state index is 0.0303. The Bertz CT molecular complexity index is 1450. The summed E-state index contributed by atoms with van der Waals surface area (Å²) in [7, 11) is -1.47. The molecular formula is C28H31Cl2N3O6S. The summed E-state index contributed by atoms with van der Waals surface area (Å²) in [5.74, 6) is -0.422. The molecule has 0 aromatic heterocycles. The van der Waals surface area contributed by atoms with Gasteiger partial charge in [-0.25, -0.2) is 8.42 Å². The zero-order valence-corrected chi connectivity index (χ0v) is 24.9. The van der Waals surface area contributed by atoms with E-state index in [1.807, 2.05) is 0 Å². The van der Waals surface area contributed by atoms with Crippen molar-refractivity contribution in [3.8, 4) is 11.5 Å². The summed E-state index contributed by atoms with van der Waals surface area (Å²) in [4.78, 5) is 27.9. The molecule has 0 aliphatic heterocycles. The molecule has 3 rings (SSSR count). The number of sulfonamides is 1. The number of benzene rings is 3. The van der Waals surface area contributed by atoms with Crippen molar-refractivity contribution in [3.05, 3.63) is 82.3 Å². The molecule has 0 fully saturated rings. The third-order valence-electron chi connectivity index (χ3n) is 6.10. The fourth-order valence-electron chi connectivity index (χ4n) is 3.98. The molecule has 0 spiro atoms. The van der Waals surface area contributed by atoms with E-state index in [9.17, 15) is 18.0 Å². The molecule has 9 nitrogen and oxygen atoms in total. The first-order valence-electron chi connectivity index (χ1n) is 12.3. The summed E-state index contributed by atoms with van der Waals surface area (Å²) in [6, 6.07) is 16.2. The van der Waals surface area contributed by atoms with Crippen LogP contribution in [0.2, 0.25) is 10.0 Å². The number of rotatable bonds is 12. The minimum atomic E-state index is -4.30. The number of ether oxygens (including phenoxy) is 2. The molecule has 2 amide bonds. The van der Waals surface area contributed by atoms with Crippen LogP contribution in [-0.2, 0) is 26.2 Å². The molecule has 0 aliphatic rings. The molecule has 0 unspecified atom stereocenters. The number of carbonyl (C=O) groups is 2. The van der Waals surface area contributed by atoms with Gasteiger partial charge in [-0.1, -0.05) is 35.3 Å². The fourth-order valence-corrected chi connectivity index (χ4v) is 5.75. The Morgan fingerprint density at radius 1 is 0.925 bits per heavy atom. The zero-order chi connectivity index (χ0) is 29.4. The van der Waals surface area contributed by atoms with Crippen LogP contribution in [0, 0.1) is 0 Å². The maximum Gasteiger partial charge on any atom is 0.264 e. The summed E-state index contributed by atoms with van der Waals surface area (Å²) in [6.07, 6.45) is 0. The Balaban J connectivity index is 2.07. The molecule has 1 N–H and O–H groups in total. The Labute approximate surface area is 244 Å². The van der Waals surface area contributed by atoms with Gasteiger partial charge in [-0.2, -0.15) is 0 Å². The normalized spacial score (nSPS) is 11.8. The Morgan fingerprint density at radius 3 is 2.20 bits per heavy atom. The smallest absolute Gasteiger partial charge is 0.264 e. The van der Waals surface area contributed by atoms with Crippen molar-refractivity contribution in [2.75, 3.05) is 31.6 Å². The van der Waals surface area contributed by atoms with Gasteiger partial charge in [0.1, 0.15) is 12.6 Å². The van der Waals surface area contributed by atoms with Crippen LogP contribution >= 0.6 is 23.2 Å². The molecule has 3 aromatic rings. The number of amides is 2. The summed E-state index contributed by atoms with van der Waals surface area (Å²) >= 11 is 12.2. The molecule has 0 saturated carbocycles. The maximum absolute atomic E-state index is 14.0. The van der Waals surface area contributed by atoms with E-state index in [1.54, 1.807) is 38.1 Å². The lowest BCUT2D eigenvalue weighted by molar-refractivity contribution is -0.139. The van der Waals surface area contributed by atoms with E-state index in [-0.39, 0.29) is 28.8 Å². The van der Waals surface area contributed by atoms with E-state index in [0.29, 0.717) is 27.9 Å². The number of likely N-dealkylation sites (N-methyl/N-ethyl adjacent to an activating group) is 1. The van der Waals surface area contributed by atoms with Crippen molar-refractivity contribution in [3.63, 3.8) is 0 Å². The summed E-state index contributed by atoms with van der Waals surface area (Å²) in [6.45, 7) is 3.16. The van der Waals surface area contributed by atoms with Gasteiger partial charge in [-0.15, -0.1) is 0 Å². The van der Waals surface area contributed by atoms with Crippen molar-refractivity contribution in [1.29, 1.82) is 0 Å². The van der Waals surface area contributed by atoms with Gasteiger partial charge in [-0.3, -0.25) is 13.9 Å². The van der Waals surface area contributed by atoms with E-state index < -0.39 is 28.5 Å².